The fraction of sp³-hybridized carbons (Fsp3) is 0.529. The fourth-order valence-electron chi connectivity index (χ4n) is 3.49. The maximum atomic E-state index is 6.53. The van der Waals surface area contributed by atoms with Crippen LogP contribution in [0, 0.1) is 11.8 Å². The van der Waals surface area contributed by atoms with Gasteiger partial charge in [0, 0.05) is 18.4 Å². The highest BCUT2D eigenvalue weighted by Gasteiger charge is 2.26. The van der Waals surface area contributed by atoms with Crippen LogP contribution in [0.3, 0.4) is 0 Å². The molecule has 2 aromatic rings. The van der Waals surface area contributed by atoms with Crippen LogP contribution in [0.15, 0.2) is 30.6 Å². The monoisotopic (exact) mass is 269 g/mol. The predicted octanol–water partition coefficient (Wildman–Crippen LogP) is 3.85. The van der Waals surface area contributed by atoms with Gasteiger partial charge in [-0.25, -0.2) is 0 Å². The van der Waals surface area contributed by atoms with Gasteiger partial charge in [-0.3, -0.25) is 9.97 Å². The van der Waals surface area contributed by atoms with Crippen molar-refractivity contribution in [1.29, 1.82) is 0 Å². The summed E-state index contributed by atoms with van der Waals surface area (Å²) in [5, 5.41) is 0. The second-order valence-corrected chi connectivity index (χ2v) is 6.03. The number of benzene rings is 1. The van der Waals surface area contributed by atoms with E-state index < -0.39 is 0 Å². The standard InChI is InChI=1S/C17H23N3/c1-2-12-4-3-5-13(10-12)17(18)14-6-7-15-16(11-14)20-9-8-19-15/h6-9,11-13,17H,2-5,10,18H2,1H3. The zero-order valence-electron chi connectivity index (χ0n) is 12.1. The zero-order valence-corrected chi connectivity index (χ0v) is 12.1. The van der Waals surface area contributed by atoms with Crippen molar-refractivity contribution < 1.29 is 0 Å². The Morgan fingerprint density at radius 1 is 1.20 bits per heavy atom. The second kappa shape index (κ2) is 5.88. The maximum Gasteiger partial charge on any atom is 0.0890 e. The number of nitrogens with zero attached hydrogens (tertiary/aromatic N) is 2. The first-order chi connectivity index (χ1) is 9.78. The van der Waals surface area contributed by atoms with E-state index in [0.717, 1.165) is 17.0 Å². The molecule has 0 saturated heterocycles. The molecular formula is C17H23N3. The van der Waals surface area contributed by atoms with Gasteiger partial charge in [0.25, 0.3) is 0 Å². The molecule has 0 amide bonds. The van der Waals surface area contributed by atoms with Crippen LogP contribution in [0.5, 0.6) is 0 Å². The van der Waals surface area contributed by atoms with Crippen molar-refractivity contribution in [3.8, 4) is 0 Å². The van der Waals surface area contributed by atoms with Crippen molar-refractivity contribution in [3.05, 3.63) is 36.2 Å². The smallest absolute Gasteiger partial charge is 0.0890 e. The van der Waals surface area contributed by atoms with Crippen molar-refractivity contribution in [1.82, 2.24) is 9.97 Å². The lowest BCUT2D eigenvalue weighted by Gasteiger charge is -2.32. The van der Waals surface area contributed by atoms with E-state index in [1.54, 1.807) is 12.4 Å². The normalized spacial score (nSPS) is 24.7. The topological polar surface area (TPSA) is 51.8 Å². The van der Waals surface area contributed by atoms with Crippen molar-refractivity contribution in [2.75, 3.05) is 0 Å². The molecular weight excluding hydrogens is 246 g/mol. The minimum absolute atomic E-state index is 0.135. The van der Waals surface area contributed by atoms with Crippen LogP contribution in [-0.2, 0) is 0 Å². The molecule has 1 fully saturated rings. The van der Waals surface area contributed by atoms with Crippen molar-refractivity contribution in [3.63, 3.8) is 0 Å². The highest BCUT2D eigenvalue weighted by Crippen LogP contribution is 2.37. The third-order valence-electron chi connectivity index (χ3n) is 4.79. The number of hydrogen-bond acceptors (Lipinski definition) is 3. The summed E-state index contributed by atoms with van der Waals surface area (Å²) >= 11 is 0. The molecule has 0 spiro atoms. The van der Waals surface area contributed by atoms with E-state index in [9.17, 15) is 0 Å². The molecule has 1 aliphatic carbocycles. The van der Waals surface area contributed by atoms with Gasteiger partial charge in [0.1, 0.15) is 0 Å². The van der Waals surface area contributed by atoms with Crippen LogP contribution < -0.4 is 5.73 Å². The van der Waals surface area contributed by atoms with E-state index in [0.29, 0.717) is 5.92 Å². The summed E-state index contributed by atoms with van der Waals surface area (Å²) in [6, 6.07) is 6.41. The average molecular weight is 269 g/mol. The van der Waals surface area contributed by atoms with Gasteiger partial charge in [-0.2, -0.15) is 0 Å². The molecule has 1 saturated carbocycles. The molecule has 1 aromatic heterocycles. The summed E-state index contributed by atoms with van der Waals surface area (Å²) in [7, 11) is 0. The number of hydrogen-bond donors (Lipinski definition) is 1. The number of nitrogens with two attached hydrogens (primary N) is 1. The molecule has 3 heteroatoms. The lowest BCUT2D eigenvalue weighted by Crippen LogP contribution is -2.26. The molecule has 3 unspecified atom stereocenters. The molecule has 20 heavy (non-hydrogen) atoms. The quantitative estimate of drug-likeness (QED) is 0.921. The largest absolute Gasteiger partial charge is 0.324 e. The summed E-state index contributed by atoms with van der Waals surface area (Å²) in [5.41, 5.74) is 9.63. The first-order valence-electron chi connectivity index (χ1n) is 7.74. The van der Waals surface area contributed by atoms with Crippen LogP contribution >= 0.6 is 0 Å². The van der Waals surface area contributed by atoms with E-state index in [2.05, 4.69) is 29.0 Å². The molecule has 1 heterocycles. The molecule has 0 aliphatic heterocycles. The summed E-state index contributed by atoms with van der Waals surface area (Å²) in [4.78, 5) is 8.70. The third kappa shape index (κ3) is 2.68. The predicted molar refractivity (Wildman–Crippen MR) is 82.2 cm³/mol. The molecule has 106 valence electrons. The summed E-state index contributed by atoms with van der Waals surface area (Å²) in [6.45, 7) is 2.30. The lowest BCUT2D eigenvalue weighted by atomic mass is 9.75. The van der Waals surface area contributed by atoms with Crippen LogP contribution in [0.4, 0.5) is 0 Å². The van der Waals surface area contributed by atoms with Crippen LogP contribution in [0.2, 0.25) is 0 Å². The summed E-state index contributed by atoms with van der Waals surface area (Å²) in [5.74, 6) is 1.47. The van der Waals surface area contributed by atoms with E-state index >= 15 is 0 Å². The molecule has 3 atom stereocenters. The van der Waals surface area contributed by atoms with Gasteiger partial charge in [-0.05, 0) is 42.4 Å². The molecule has 3 rings (SSSR count). The summed E-state index contributed by atoms with van der Waals surface area (Å²) in [6.07, 6.45) is 9.99. The molecule has 0 radical (unpaired) electrons. The molecule has 1 aliphatic rings. The SMILES string of the molecule is CCC1CCCC(C(N)c2ccc3nccnc3c2)C1. The Bertz CT molecular complexity index is 581. The Morgan fingerprint density at radius 3 is 2.80 bits per heavy atom. The first-order valence-corrected chi connectivity index (χ1v) is 7.74. The van der Waals surface area contributed by atoms with E-state index in [1.165, 1.54) is 37.7 Å². The van der Waals surface area contributed by atoms with Gasteiger partial charge < -0.3 is 5.73 Å². The van der Waals surface area contributed by atoms with Crippen LogP contribution in [-0.4, -0.2) is 9.97 Å². The van der Waals surface area contributed by atoms with Crippen molar-refractivity contribution in [2.24, 2.45) is 17.6 Å². The van der Waals surface area contributed by atoms with Gasteiger partial charge in [-0.15, -0.1) is 0 Å². The highest BCUT2D eigenvalue weighted by molar-refractivity contribution is 5.74. The van der Waals surface area contributed by atoms with Gasteiger partial charge in [-0.1, -0.05) is 32.3 Å². The Labute approximate surface area is 120 Å². The second-order valence-electron chi connectivity index (χ2n) is 6.03. The molecule has 1 aromatic carbocycles. The zero-order chi connectivity index (χ0) is 13.9. The number of rotatable bonds is 3. The number of aromatic nitrogens is 2. The van der Waals surface area contributed by atoms with Gasteiger partial charge in [0.15, 0.2) is 0 Å². The van der Waals surface area contributed by atoms with Gasteiger partial charge in [0.2, 0.25) is 0 Å². The van der Waals surface area contributed by atoms with E-state index in [4.69, 9.17) is 5.73 Å². The summed E-state index contributed by atoms with van der Waals surface area (Å²) < 4.78 is 0. The Balaban J connectivity index is 1.82. The Hall–Kier alpha value is -1.48. The molecule has 2 N–H and O–H groups in total. The maximum absolute atomic E-state index is 6.53. The van der Waals surface area contributed by atoms with E-state index in [-0.39, 0.29) is 6.04 Å². The molecule has 0 bridgehead atoms. The fourth-order valence-corrected chi connectivity index (χ4v) is 3.49. The number of fused-ring (bicyclic) bond motifs is 1. The molecule has 3 nitrogen and oxygen atoms in total. The first kappa shape index (κ1) is 13.5. The van der Waals surface area contributed by atoms with Crippen LogP contribution in [0.1, 0.15) is 50.6 Å². The minimum atomic E-state index is 0.135. The van der Waals surface area contributed by atoms with Gasteiger partial charge >= 0.3 is 0 Å². The van der Waals surface area contributed by atoms with E-state index in [1.807, 2.05) is 6.07 Å². The highest BCUT2D eigenvalue weighted by atomic mass is 14.8. The Kier molecular flexibility index (Phi) is 3.97. The minimum Gasteiger partial charge on any atom is -0.324 e. The van der Waals surface area contributed by atoms with Crippen molar-refractivity contribution in [2.45, 2.75) is 45.1 Å². The van der Waals surface area contributed by atoms with Crippen LogP contribution in [0.25, 0.3) is 11.0 Å². The third-order valence-corrected chi connectivity index (χ3v) is 4.79. The van der Waals surface area contributed by atoms with Gasteiger partial charge in [0.05, 0.1) is 11.0 Å². The lowest BCUT2D eigenvalue weighted by molar-refractivity contribution is 0.230. The Morgan fingerprint density at radius 2 is 2.00 bits per heavy atom. The van der Waals surface area contributed by atoms with Crippen molar-refractivity contribution >= 4 is 11.0 Å². The average Bonchev–Trinajstić information content (AvgIpc) is 2.53.